The van der Waals surface area contributed by atoms with E-state index in [4.69, 9.17) is 15.1 Å². The normalized spacial score (nSPS) is 98.9. The Morgan fingerprint density at radius 1 is 2.12 bits per heavy atom. The Balaban J connectivity index is 3.65. The molecule has 2 nitrogen and oxygen atoms in total. The Hall–Kier alpha value is -0.0800. The zero-order valence-corrected chi connectivity index (χ0v) is 3.95. The number of rotatable bonds is 0. The number of hydrogen-bond acceptors (Lipinski definition) is 2. The molecule has 0 bridgehead atoms. The van der Waals surface area contributed by atoms with E-state index < -0.39 is 38.2 Å². The third-order valence-corrected chi connectivity index (χ3v) is 0.668. The van der Waals surface area contributed by atoms with E-state index >= 15 is 0 Å². The van der Waals surface area contributed by atoms with Gasteiger partial charge >= 0.3 is 0 Å². The lowest BCUT2D eigenvalue weighted by atomic mass is 9.99. The third kappa shape index (κ3) is 1.20. The molecule has 0 aromatic carbocycles. The van der Waals surface area contributed by atoms with Crippen molar-refractivity contribution in [1.29, 1.82) is 0 Å². The van der Waals surface area contributed by atoms with Crippen molar-refractivity contribution < 1.29 is 20.2 Å². The molecular weight excluding hydrogens is 102 g/mol. The van der Waals surface area contributed by atoms with E-state index in [1.165, 1.54) is 5.32 Å². The van der Waals surface area contributed by atoms with E-state index in [1.54, 1.807) is 0 Å². The standard InChI is InChI=1S/C6H13NO/c1-5-4-7-3-2-6(5)8/h5-8H,2-4H2,1H3/i1D3,2D2,3D2,4D2,5D,6D. The molecule has 1 fully saturated rings. The van der Waals surface area contributed by atoms with Gasteiger partial charge in [-0.15, -0.1) is 0 Å². The van der Waals surface area contributed by atoms with Crippen LogP contribution in [0.15, 0.2) is 0 Å². The van der Waals surface area contributed by atoms with Gasteiger partial charge in [0.05, 0.1) is 7.45 Å². The van der Waals surface area contributed by atoms with Gasteiger partial charge in [0.25, 0.3) is 0 Å². The van der Waals surface area contributed by atoms with Gasteiger partial charge in [0.2, 0.25) is 0 Å². The van der Waals surface area contributed by atoms with E-state index in [0.29, 0.717) is 0 Å². The maximum absolute atomic E-state index is 9.85. The molecule has 2 unspecified atom stereocenters. The zero-order valence-electron chi connectivity index (χ0n) is 14.9. The van der Waals surface area contributed by atoms with Gasteiger partial charge in [0.1, 0.15) is 0 Å². The van der Waals surface area contributed by atoms with Gasteiger partial charge in [-0.3, -0.25) is 0 Å². The smallest absolute Gasteiger partial charge is 0.0604 e. The number of piperidine rings is 1. The first kappa shape index (κ1) is 1.06. The summed E-state index contributed by atoms with van der Waals surface area (Å²) in [6.45, 7) is -10.2. The molecule has 1 aliphatic rings. The fraction of sp³-hybridized carbons (Fsp3) is 1.00. The van der Waals surface area contributed by atoms with Crippen LogP contribution in [0.2, 0.25) is 0 Å². The quantitative estimate of drug-likeness (QED) is 0.478. The van der Waals surface area contributed by atoms with Crippen LogP contribution in [0.25, 0.3) is 0 Å². The molecule has 0 radical (unpaired) electrons. The van der Waals surface area contributed by atoms with Crippen molar-refractivity contribution in [2.75, 3.05) is 13.0 Å². The minimum absolute atomic E-state index is 1.44. The molecule has 8 heavy (non-hydrogen) atoms. The Bertz CT molecular complexity index is 387. The first-order valence-corrected chi connectivity index (χ1v) is 1.97. The van der Waals surface area contributed by atoms with Crippen molar-refractivity contribution in [2.24, 2.45) is 5.89 Å². The molecule has 0 aromatic rings. The minimum Gasteiger partial charge on any atom is -0.393 e. The van der Waals surface area contributed by atoms with Gasteiger partial charge in [-0.2, -0.15) is 0 Å². The molecule has 0 aromatic heterocycles. The van der Waals surface area contributed by atoms with Gasteiger partial charge in [0.15, 0.2) is 0 Å². The topological polar surface area (TPSA) is 32.3 Å². The molecule has 48 valence electrons. The van der Waals surface area contributed by atoms with E-state index in [1.807, 2.05) is 0 Å². The summed E-state index contributed by atoms with van der Waals surface area (Å²) in [6, 6.07) is 0. The van der Waals surface area contributed by atoms with E-state index in [9.17, 15) is 5.11 Å². The lowest BCUT2D eigenvalue weighted by Crippen LogP contribution is -2.38. The molecule has 2 heteroatoms. The van der Waals surface area contributed by atoms with E-state index in [-0.39, 0.29) is 0 Å². The summed E-state index contributed by atoms with van der Waals surface area (Å²) in [6.07, 6.45) is -7.37. The van der Waals surface area contributed by atoms with Gasteiger partial charge in [-0.05, 0) is 18.8 Å². The van der Waals surface area contributed by atoms with Crippen LogP contribution in [0.5, 0.6) is 0 Å². The molecule has 0 spiro atoms. The van der Waals surface area contributed by atoms with Gasteiger partial charge < -0.3 is 10.4 Å². The Morgan fingerprint density at radius 2 is 3.00 bits per heavy atom. The summed E-state index contributed by atoms with van der Waals surface area (Å²) in [5, 5.41) is 11.3. The summed E-state index contributed by atoms with van der Waals surface area (Å²) in [5.74, 6) is -3.62. The van der Waals surface area contributed by atoms with Crippen molar-refractivity contribution in [3.05, 3.63) is 0 Å². The summed E-state index contributed by atoms with van der Waals surface area (Å²) >= 11 is 0. The predicted molar refractivity (Wildman–Crippen MR) is 32.7 cm³/mol. The Morgan fingerprint density at radius 3 is 3.75 bits per heavy atom. The average molecular weight is 126 g/mol. The van der Waals surface area contributed by atoms with Gasteiger partial charge in [0, 0.05) is 20.2 Å². The average Bonchev–Trinajstić information content (AvgIpc) is 2.10. The van der Waals surface area contributed by atoms with Crippen LogP contribution in [0.4, 0.5) is 0 Å². The zero-order chi connectivity index (χ0) is 15.7. The second kappa shape index (κ2) is 2.46. The van der Waals surface area contributed by atoms with Gasteiger partial charge in [-0.25, -0.2) is 0 Å². The highest BCUT2D eigenvalue weighted by molar-refractivity contribution is 4.72. The first-order chi connectivity index (χ1) is 7.96. The van der Waals surface area contributed by atoms with Gasteiger partial charge in [-0.1, -0.05) is 6.85 Å². The lowest BCUT2D eigenvalue weighted by Gasteiger charge is -2.24. The molecule has 1 saturated heterocycles. The summed E-state index contributed by atoms with van der Waals surface area (Å²) < 4.78 is 80.9. The second-order valence-electron chi connectivity index (χ2n) is 1.22. The van der Waals surface area contributed by atoms with Crippen molar-refractivity contribution in [3.8, 4) is 0 Å². The third-order valence-electron chi connectivity index (χ3n) is 0.668. The van der Waals surface area contributed by atoms with Crippen molar-refractivity contribution >= 4 is 0 Å². The largest absolute Gasteiger partial charge is 0.393 e. The van der Waals surface area contributed by atoms with E-state index in [2.05, 4.69) is 0 Å². The van der Waals surface area contributed by atoms with Crippen LogP contribution in [0, 0.1) is 5.89 Å². The van der Waals surface area contributed by atoms with Crippen LogP contribution in [-0.4, -0.2) is 24.2 Å². The predicted octanol–water partition coefficient (Wildman–Crippen LogP) is -0.0233. The molecule has 2 atom stereocenters. The van der Waals surface area contributed by atoms with Crippen molar-refractivity contribution in [2.45, 2.75) is 19.3 Å². The monoisotopic (exact) mass is 126 g/mol. The molecule has 1 heterocycles. The highest BCUT2D eigenvalue weighted by Crippen LogP contribution is 2.08. The fourth-order valence-corrected chi connectivity index (χ4v) is 0.306. The van der Waals surface area contributed by atoms with Crippen molar-refractivity contribution in [3.63, 3.8) is 0 Å². The molecule has 0 saturated carbocycles. The van der Waals surface area contributed by atoms with Crippen molar-refractivity contribution in [1.82, 2.24) is 5.32 Å². The van der Waals surface area contributed by atoms with Crippen LogP contribution >= 0.6 is 0 Å². The maximum Gasteiger partial charge on any atom is 0.0604 e. The van der Waals surface area contributed by atoms with Crippen LogP contribution in [0.1, 0.15) is 28.3 Å². The summed E-state index contributed by atoms with van der Waals surface area (Å²) in [5.41, 5.74) is 0. The summed E-state index contributed by atoms with van der Waals surface area (Å²) in [4.78, 5) is 0. The van der Waals surface area contributed by atoms with Crippen LogP contribution in [-0.2, 0) is 0 Å². The SMILES string of the molecule is [2H]C([2H])([2H])C1([2H])C([2H])([2H])NC([2H])([2H])C([2H])([2H])C1([2H])O. The molecule has 1 aliphatic heterocycles. The highest BCUT2D eigenvalue weighted by Gasteiger charge is 2.16. The Kier molecular flexibility index (Phi) is 0.326. The first-order valence-electron chi connectivity index (χ1n) is 7.47. The Labute approximate surface area is 65.4 Å². The molecular formula is C6H13NO. The lowest BCUT2D eigenvalue weighted by molar-refractivity contribution is 0.0882. The second-order valence-corrected chi connectivity index (χ2v) is 1.22. The molecule has 1 rings (SSSR count). The summed E-state index contributed by atoms with van der Waals surface area (Å²) in [7, 11) is 0. The molecule has 0 amide bonds. The van der Waals surface area contributed by atoms with Crippen LogP contribution < -0.4 is 5.32 Å². The number of hydrogen-bond donors (Lipinski definition) is 2. The highest BCUT2D eigenvalue weighted by atomic mass is 16.3. The molecule has 2 N–H and O–H groups in total. The number of nitrogens with one attached hydrogen (secondary N) is 1. The van der Waals surface area contributed by atoms with Crippen LogP contribution in [0.3, 0.4) is 0 Å². The maximum atomic E-state index is 9.85. The fourth-order valence-electron chi connectivity index (χ4n) is 0.306. The number of aliphatic hydroxyl groups is 1. The molecule has 0 aliphatic carbocycles. The minimum atomic E-state index is -3.84. The van der Waals surface area contributed by atoms with E-state index in [0.717, 1.165) is 0 Å².